The Morgan fingerprint density at radius 1 is 1.26 bits per heavy atom. The van der Waals surface area contributed by atoms with Crippen LogP contribution >= 0.6 is 11.3 Å². The van der Waals surface area contributed by atoms with Crippen molar-refractivity contribution in [3.63, 3.8) is 0 Å². The van der Waals surface area contributed by atoms with E-state index in [2.05, 4.69) is 15.6 Å². The lowest BCUT2D eigenvalue weighted by Gasteiger charge is -2.04. The lowest BCUT2D eigenvalue weighted by atomic mass is 10.3. The van der Waals surface area contributed by atoms with E-state index in [0.29, 0.717) is 10.8 Å². The molecule has 0 saturated carbocycles. The molecule has 2 aromatic rings. The largest absolute Gasteiger partial charge is 0.506 e. The van der Waals surface area contributed by atoms with Crippen LogP contribution in [0.5, 0.6) is 5.75 Å². The Morgan fingerprint density at radius 3 is 2.68 bits per heavy atom. The van der Waals surface area contributed by atoms with Gasteiger partial charge in [0.05, 0.1) is 5.69 Å². The predicted molar refractivity (Wildman–Crippen MR) is 72.5 cm³/mol. The van der Waals surface area contributed by atoms with Gasteiger partial charge >= 0.3 is 0 Å². The molecule has 1 heterocycles. The second-order valence-corrected chi connectivity index (χ2v) is 4.55. The Hall–Kier alpha value is -2.41. The molecule has 2 rings (SSSR count). The molecule has 19 heavy (non-hydrogen) atoms. The Morgan fingerprint density at radius 2 is 2.00 bits per heavy atom. The van der Waals surface area contributed by atoms with Gasteiger partial charge in [-0.2, -0.15) is 0 Å². The van der Waals surface area contributed by atoms with Gasteiger partial charge in [-0.15, -0.1) is 11.3 Å². The third-order valence-corrected chi connectivity index (χ3v) is 2.93. The van der Waals surface area contributed by atoms with Gasteiger partial charge in [0.15, 0.2) is 5.13 Å². The van der Waals surface area contributed by atoms with Crippen molar-refractivity contribution in [1.82, 2.24) is 4.98 Å². The van der Waals surface area contributed by atoms with Gasteiger partial charge in [0.1, 0.15) is 11.4 Å². The summed E-state index contributed by atoms with van der Waals surface area (Å²) in [5.41, 5.74) is 0.485. The summed E-state index contributed by atoms with van der Waals surface area (Å²) in [5, 5.41) is 16.5. The molecule has 0 radical (unpaired) electrons. The maximum Gasteiger partial charge on any atom is 0.275 e. The first-order valence-electron chi connectivity index (χ1n) is 5.38. The van der Waals surface area contributed by atoms with Crippen molar-refractivity contribution < 1.29 is 14.7 Å². The summed E-state index contributed by atoms with van der Waals surface area (Å²) in [4.78, 5) is 26.7. The van der Waals surface area contributed by atoms with Gasteiger partial charge in [-0.25, -0.2) is 4.98 Å². The summed E-state index contributed by atoms with van der Waals surface area (Å²) in [6, 6.07) is 6.40. The average Bonchev–Trinajstić information content (AvgIpc) is 2.79. The van der Waals surface area contributed by atoms with Gasteiger partial charge < -0.3 is 15.7 Å². The molecule has 1 aromatic heterocycles. The highest BCUT2D eigenvalue weighted by molar-refractivity contribution is 7.14. The number of benzene rings is 1. The molecule has 0 bridgehead atoms. The minimum atomic E-state index is -0.450. The minimum absolute atomic E-state index is 0.0202. The zero-order valence-electron chi connectivity index (χ0n) is 10.0. The van der Waals surface area contributed by atoms with Crippen LogP contribution in [0.3, 0.4) is 0 Å². The second kappa shape index (κ2) is 5.49. The fraction of sp³-hybridized carbons (Fsp3) is 0.0833. The second-order valence-electron chi connectivity index (χ2n) is 3.69. The van der Waals surface area contributed by atoms with Gasteiger partial charge in [-0.3, -0.25) is 9.59 Å². The first-order chi connectivity index (χ1) is 9.06. The number of hydrogen-bond acceptors (Lipinski definition) is 5. The number of para-hydroxylation sites is 2. The van der Waals surface area contributed by atoms with Crippen LogP contribution in [-0.2, 0) is 4.79 Å². The third kappa shape index (κ3) is 3.29. The van der Waals surface area contributed by atoms with Crippen LogP contribution in [-0.4, -0.2) is 21.9 Å². The zero-order chi connectivity index (χ0) is 13.8. The highest BCUT2D eigenvalue weighted by Crippen LogP contribution is 2.23. The molecule has 7 heteroatoms. The molecule has 0 aliphatic carbocycles. The fourth-order valence-electron chi connectivity index (χ4n) is 1.35. The summed E-state index contributed by atoms with van der Waals surface area (Å²) in [6.45, 7) is 1.36. The number of aromatic hydroxyl groups is 1. The van der Waals surface area contributed by atoms with E-state index in [-0.39, 0.29) is 17.4 Å². The number of aromatic nitrogens is 1. The normalized spacial score (nSPS) is 9.95. The molecule has 0 fully saturated rings. The van der Waals surface area contributed by atoms with Gasteiger partial charge in [-0.1, -0.05) is 12.1 Å². The van der Waals surface area contributed by atoms with Crippen molar-refractivity contribution in [2.24, 2.45) is 0 Å². The maximum atomic E-state index is 11.9. The number of anilines is 2. The molecule has 0 unspecified atom stereocenters. The van der Waals surface area contributed by atoms with Crippen molar-refractivity contribution >= 4 is 34.0 Å². The zero-order valence-corrected chi connectivity index (χ0v) is 10.8. The number of phenolic OH excluding ortho intramolecular Hbond substituents is 1. The van der Waals surface area contributed by atoms with Crippen LogP contribution in [0.2, 0.25) is 0 Å². The van der Waals surface area contributed by atoms with Crippen molar-refractivity contribution in [2.75, 3.05) is 10.6 Å². The predicted octanol–water partition coefficient (Wildman–Crippen LogP) is 2.06. The fourth-order valence-corrected chi connectivity index (χ4v) is 2.09. The number of carbonyl (C=O) groups is 2. The molecule has 1 aromatic carbocycles. The van der Waals surface area contributed by atoms with Crippen molar-refractivity contribution in [3.8, 4) is 5.75 Å². The first-order valence-corrected chi connectivity index (χ1v) is 6.26. The van der Waals surface area contributed by atoms with E-state index in [1.807, 2.05) is 0 Å². The van der Waals surface area contributed by atoms with E-state index in [9.17, 15) is 14.7 Å². The van der Waals surface area contributed by atoms with Crippen LogP contribution in [0, 0.1) is 0 Å². The molecule has 0 saturated heterocycles. The lowest BCUT2D eigenvalue weighted by Crippen LogP contribution is -2.13. The SMILES string of the molecule is CC(=O)Nc1nc(C(=O)Nc2ccccc2O)cs1. The summed E-state index contributed by atoms with van der Waals surface area (Å²) >= 11 is 1.15. The smallest absolute Gasteiger partial charge is 0.275 e. The van der Waals surface area contributed by atoms with Crippen LogP contribution in [0.1, 0.15) is 17.4 Å². The summed E-state index contributed by atoms with van der Waals surface area (Å²) in [6.07, 6.45) is 0. The molecule has 0 atom stereocenters. The Balaban J connectivity index is 2.10. The van der Waals surface area contributed by atoms with Crippen LogP contribution < -0.4 is 10.6 Å². The van der Waals surface area contributed by atoms with Crippen LogP contribution in [0.15, 0.2) is 29.6 Å². The average molecular weight is 277 g/mol. The molecule has 2 amide bonds. The topological polar surface area (TPSA) is 91.3 Å². The van der Waals surface area contributed by atoms with Crippen LogP contribution in [0.4, 0.5) is 10.8 Å². The number of rotatable bonds is 3. The van der Waals surface area contributed by atoms with E-state index in [1.54, 1.807) is 18.2 Å². The molecule has 3 N–H and O–H groups in total. The Labute approximate surface area is 113 Å². The summed E-state index contributed by atoms with van der Waals surface area (Å²) < 4.78 is 0. The van der Waals surface area contributed by atoms with Gasteiger partial charge in [-0.05, 0) is 12.1 Å². The number of amides is 2. The molecular formula is C12H11N3O3S. The van der Waals surface area contributed by atoms with E-state index in [4.69, 9.17) is 0 Å². The first kappa shape index (κ1) is 13.0. The molecule has 0 aliphatic heterocycles. The van der Waals surface area contributed by atoms with Crippen molar-refractivity contribution in [1.29, 1.82) is 0 Å². The molecule has 0 aliphatic rings. The number of nitrogens with one attached hydrogen (secondary N) is 2. The van der Waals surface area contributed by atoms with E-state index >= 15 is 0 Å². The number of phenols is 1. The minimum Gasteiger partial charge on any atom is -0.506 e. The maximum absolute atomic E-state index is 11.9. The highest BCUT2D eigenvalue weighted by Gasteiger charge is 2.12. The van der Waals surface area contributed by atoms with Gasteiger partial charge in [0.2, 0.25) is 5.91 Å². The van der Waals surface area contributed by atoms with E-state index < -0.39 is 5.91 Å². The van der Waals surface area contributed by atoms with Gasteiger partial charge in [0.25, 0.3) is 5.91 Å². The van der Waals surface area contributed by atoms with Crippen molar-refractivity contribution in [2.45, 2.75) is 6.92 Å². The quantitative estimate of drug-likeness (QED) is 0.749. The molecule has 6 nitrogen and oxygen atoms in total. The molecule has 0 spiro atoms. The van der Waals surface area contributed by atoms with E-state index in [0.717, 1.165) is 11.3 Å². The monoisotopic (exact) mass is 277 g/mol. The number of carbonyl (C=O) groups excluding carboxylic acids is 2. The summed E-state index contributed by atoms with van der Waals surface area (Å²) in [5.74, 6) is -0.718. The van der Waals surface area contributed by atoms with Crippen LogP contribution in [0.25, 0.3) is 0 Å². The summed E-state index contributed by atoms with van der Waals surface area (Å²) in [7, 11) is 0. The highest BCUT2D eigenvalue weighted by atomic mass is 32.1. The molecule has 98 valence electrons. The van der Waals surface area contributed by atoms with Crippen molar-refractivity contribution in [3.05, 3.63) is 35.3 Å². The molecular weight excluding hydrogens is 266 g/mol. The number of nitrogens with zero attached hydrogens (tertiary/aromatic N) is 1. The van der Waals surface area contributed by atoms with E-state index in [1.165, 1.54) is 18.4 Å². The lowest BCUT2D eigenvalue weighted by molar-refractivity contribution is -0.114. The third-order valence-electron chi connectivity index (χ3n) is 2.17. The Kier molecular flexibility index (Phi) is 3.76. The Bertz CT molecular complexity index is 624. The standard InChI is InChI=1S/C12H11N3O3S/c1-7(16)13-12-15-9(6-19-12)11(18)14-8-4-2-3-5-10(8)17/h2-6,17H,1H3,(H,14,18)(H,13,15,16). The number of hydrogen-bond donors (Lipinski definition) is 3. The van der Waals surface area contributed by atoms with Gasteiger partial charge in [0, 0.05) is 12.3 Å². The number of thiazole rings is 1.